The van der Waals surface area contributed by atoms with Gasteiger partial charge in [0.15, 0.2) is 6.29 Å². The topological polar surface area (TPSA) is 45.4 Å². The zero-order chi connectivity index (χ0) is 15.2. The predicted molar refractivity (Wildman–Crippen MR) is 83.5 cm³/mol. The van der Waals surface area contributed by atoms with E-state index in [1.54, 1.807) is 4.57 Å². The molecule has 0 spiro atoms. The molecule has 21 heavy (non-hydrogen) atoms. The summed E-state index contributed by atoms with van der Waals surface area (Å²) in [5.41, 5.74) is 1.98. The van der Waals surface area contributed by atoms with Crippen LogP contribution in [0.25, 0.3) is 11.0 Å². The van der Waals surface area contributed by atoms with Crippen molar-refractivity contribution in [2.75, 3.05) is 13.2 Å². The van der Waals surface area contributed by atoms with Crippen molar-refractivity contribution in [3.05, 3.63) is 34.7 Å². The van der Waals surface area contributed by atoms with E-state index in [4.69, 9.17) is 9.47 Å². The average Bonchev–Trinajstić information content (AvgIpc) is 2.76. The average molecular weight is 292 g/mol. The lowest BCUT2D eigenvalue weighted by molar-refractivity contribution is -0.140. The molecule has 1 aromatic heterocycles. The Morgan fingerprint density at radius 1 is 1.00 bits per heavy atom. The predicted octanol–water partition coefficient (Wildman–Crippen LogP) is 2.61. The molecule has 0 radical (unpaired) electrons. The summed E-state index contributed by atoms with van der Waals surface area (Å²) in [6.45, 7) is 8.36. The molecule has 0 atom stereocenters. The minimum atomic E-state index is -0.254. The van der Waals surface area contributed by atoms with Crippen molar-refractivity contribution in [1.29, 1.82) is 0 Å². The molecule has 116 valence electrons. The summed E-state index contributed by atoms with van der Waals surface area (Å²) in [5.74, 6) is 0. The summed E-state index contributed by atoms with van der Waals surface area (Å²) in [7, 11) is 0. The number of rotatable bonds is 8. The van der Waals surface area contributed by atoms with Gasteiger partial charge in [-0.1, -0.05) is 12.1 Å². The summed E-state index contributed by atoms with van der Waals surface area (Å²) >= 11 is 0. The Balaban J connectivity index is 2.26. The van der Waals surface area contributed by atoms with E-state index in [1.165, 1.54) is 0 Å². The third kappa shape index (κ3) is 3.36. The van der Waals surface area contributed by atoms with Gasteiger partial charge in [-0.15, -0.1) is 0 Å². The standard InChI is InChI=1S/C16H24N2O3/c1-4-17-13-9-7-8-10-14(13)18(16(17)19)12-11-15(20-5-2)21-6-3/h7-10,15H,4-6,11-12H2,1-3H3. The van der Waals surface area contributed by atoms with E-state index >= 15 is 0 Å². The maximum Gasteiger partial charge on any atom is 0.329 e. The fourth-order valence-electron chi connectivity index (χ4n) is 2.62. The number of benzene rings is 1. The number of ether oxygens (including phenoxy) is 2. The first-order valence-corrected chi connectivity index (χ1v) is 7.64. The van der Waals surface area contributed by atoms with Crippen molar-refractivity contribution in [2.45, 2.75) is 46.6 Å². The molecule has 0 unspecified atom stereocenters. The maximum absolute atomic E-state index is 12.5. The molecule has 5 nitrogen and oxygen atoms in total. The number of fused-ring (bicyclic) bond motifs is 1. The van der Waals surface area contributed by atoms with Gasteiger partial charge in [0.2, 0.25) is 0 Å². The van der Waals surface area contributed by atoms with Crippen LogP contribution in [0.15, 0.2) is 29.1 Å². The summed E-state index contributed by atoms with van der Waals surface area (Å²) in [6, 6.07) is 7.89. The highest BCUT2D eigenvalue weighted by Crippen LogP contribution is 2.14. The Labute approximate surface area is 125 Å². The molecule has 0 fully saturated rings. The molecule has 0 saturated carbocycles. The monoisotopic (exact) mass is 292 g/mol. The van der Waals surface area contributed by atoms with E-state index in [1.807, 2.05) is 49.6 Å². The van der Waals surface area contributed by atoms with Crippen molar-refractivity contribution in [1.82, 2.24) is 9.13 Å². The van der Waals surface area contributed by atoms with Gasteiger partial charge in [0.1, 0.15) is 0 Å². The van der Waals surface area contributed by atoms with Gasteiger partial charge in [0, 0.05) is 32.7 Å². The van der Waals surface area contributed by atoms with Gasteiger partial charge in [-0.25, -0.2) is 4.79 Å². The highest BCUT2D eigenvalue weighted by atomic mass is 16.7. The van der Waals surface area contributed by atoms with Gasteiger partial charge in [0.25, 0.3) is 0 Å². The molecule has 1 heterocycles. The van der Waals surface area contributed by atoms with E-state index in [0.29, 0.717) is 32.7 Å². The van der Waals surface area contributed by atoms with Crippen LogP contribution in [0, 0.1) is 0 Å². The molecule has 2 rings (SSSR count). The number of para-hydroxylation sites is 2. The largest absolute Gasteiger partial charge is 0.353 e. The zero-order valence-electron chi connectivity index (χ0n) is 13.0. The molecule has 0 saturated heterocycles. The first kappa shape index (κ1) is 15.8. The van der Waals surface area contributed by atoms with Crippen LogP contribution in [0.1, 0.15) is 27.2 Å². The highest BCUT2D eigenvalue weighted by molar-refractivity contribution is 5.75. The number of nitrogens with zero attached hydrogens (tertiary/aromatic N) is 2. The Morgan fingerprint density at radius 3 is 2.10 bits per heavy atom. The van der Waals surface area contributed by atoms with Gasteiger partial charge in [-0.3, -0.25) is 9.13 Å². The molecule has 0 aliphatic heterocycles. The summed E-state index contributed by atoms with van der Waals surface area (Å²) in [6.07, 6.45) is 0.412. The van der Waals surface area contributed by atoms with Gasteiger partial charge in [-0.05, 0) is 32.9 Å². The van der Waals surface area contributed by atoms with E-state index in [0.717, 1.165) is 11.0 Å². The quantitative estimate of drug-likeness (QED) is 0.703. The van der Waals surface area contributed by atoms with Crippen LogP contribution in [0.3, 0.4) is 0 Å². The second-order valence-electron chi connectivity index (χ2n) is 4.80. The second-order valence-corrected chi connectivity index (χ2v) is 4.80. The van der Waals surface area contributed by atoms with E-state index in [2.05, 4.69) is 0 Å². The van der Waals surface area contributed by atoms with Gasteiger partial charge < -0.3 is 9.47 Å². The lowest BCUT2D eigenvalue weighted by atomic mass is 10.3. The third-order valence-electron chi connectivity index (χ3n) is 3.53. The first-order valence-electron chi connectivity index (χ1n) is 7.64. The lowest BCUT2D eigenvalue weighted by Crippen LogP contribution is -2.27. The molecule has 5 heteroatoms. The Kier molecular flexibility index (Phi) is 5.59. The van der Waals surface area contributed by atoms with Crippen LogP contribution in [0.2, 0.25) is 0 Å². The lowest BCUT2D eigenvalue weighted by Gasteiger charge is -2.16. The summed E-state index contributed by atoms with van der Waals surface area (Å²) < 4.78 is 14.7. The highest BCUT2D eigenvalue weighted by Gasteiger charge is 2.14. The third-order valence-corrected chi connectivity index (χ3v) is 3.53. The minimum Gasteiger partial charge on any atom is -0.353 e. The molecule has 2 aromatic rings. The van der Waals surface area contributed by atoms with Crippen LogP contribution in [-0.4, -0.2) is 28.6 Å². The van der Waals surface area contributed by atoms with Crippen LogP contribution >= 0.6 is 0 Å². The van der Waals surface area contributed by atoms with Crippen LogP contribution in [-0.2, 0) is 22.6 Å². The second kappa shape index (κ2) is 7.43. The Bertz CT molecular complexity index is 624. The molecule has 0 N–H and O–H groups in total. The number of hydrogen-bond donors (Lipinski definition) is 0. The molecule has 0 aliphatic rings. The van der Waals surface area contributed by atoms with Gasteiger partial charge >= 0.3 is 5.69 Å². The number of imidazole rings is 1. The molecular weight excluding hydrogens is 268 g/mol. The van der Waals surface area contributed by atoms with E-state index < -0.39 is 0 Å². The van der Waals surface area contributed by atoms with Gasteiger partial charge in [-0.2, -0.15) is 0 Å². The van der Waals surface area contributed by atoms with E-state index in [9.17, 15) is 4.79 Å². The number of aromatic nitrogens is 2. The zero-order valence-corrected chi connectivity index (χ0v) is 13.0. The minimum absolute atomic E-state index is 0.0328. The van der Waals surface area contributed by atoms with Gasteiger partial charge in [0.05, 0.1) is 11.0 Å². The smallest absolute Gasteiger partial charge is 0.329 e. The summed E-state index contributed by atoms with van der Waals surface area (Å²) in [4.78, 5) is 12.5. The molecular formula is C16H24N2O3. The summed E-state index contributed by atoms with van der Waals surface area (Å²) in [5, 5.41) is 0. The van der Waals surface area contributed by atoms with Crippen molar-refractivity contribution in [3.8, 4) is 0 Å². The van der Waals surface area contributed by atoms with Crippen molar-refractivity contribution in [2.24, 2.45) is 0 Å². The van der Waals surface area contributed by atoms with E-state index in [-0.39, 0.29) is 12.0 Å². The Morgan fingerprint density at radius 2 is 1.57 bits per heavy atom. The first-order chi connectivity index (χ1) is 10.2. The fraction of sp³-hybridized carbons (Fsp3) is 0.562. The maximum atomic E-state index is 12.5. The Hall–Kier alpha value is -1.59. The van der Waals surface area contributed by atoms with Crippen LogP contribution in [0.4, 0.5) is 0 Å². The normalized spacial score (nSPS) is 11.6. The van der Waals surface area contributed by atoms with Crippen molar-refractivity contribution >= 4 is 11.0 Å². The van der Waals surface area contributed by atoms with Crippen molar-refractivity contribution < 1.29 is 9.47 Å². The molecule has 0 amide bonds. The van der Waals surface area contributed by atoms with Crippen LogP contribution in [0.5, 0.6) is 0 Å². The molecule has 1 aromatic carbocycles. The molecule has 0 aliphatic carbocycles. The number of hydrogen-bond acceptors (Lipinski definition) is 3. The molecule has 0 bridgehead atoms. The van der Waals surface area contributed by atoms with Crippen LogP contribution < -0.4 is 5.69 Å². The van der Waals surface area contributed by atoms with Crippen molar-refractivity contribution in [3.63, 3.8) is 0 Å². The number of aryl methyl sites for hydroxylation is 2. The SMILES string of the molecule is CCOC(CCn1c(=O)n(CC)c2ccccc21)OCC. The fourth-order valence-corrected chi connectivity index (χ4v) is 2.62.